The second-order valence-corrected chi connectivity index (χ2v) is 8.44. The number of carbonyl (C=O) groups excluding carboxylic acids is 2. The number of thiophene rings is 1. The van der Waals surface area contributed by atoms with E-state index in [1.165, 1.54) is 53.4 Å². The Morgan fingerprint density at radius 3 is 2.52 bits per heavy atom. The molecule has 160 valence electrons. The fourth-order valence-electron chi connectivity index (χ4n) is 3.87. The molecule has 1 N–H and O–H groups in total. The van der Waals surface area contributed by atoms with Gasteiger partial charge in [0.15, 0.2) is 0 Å². The molecule has 1 aliphatic rings. The van der Waals surface area contributed by atoms with Crippen LogP contribution in [0.15, 0.2) is 60.4 Å². The first-order valence-electron chi connectivity index (χ1n) is 10.3. The van der Waals surface area contributed by atoms with E-state index in [1.54, 1.807) is 18.2 Å². The number of amides is 2. The van der Waals surface area contributed by atoms with Gasteiger partial charge in [0.05, 0.1) is 11.2 Å². The van der Waals surface area contributed by atoms with E-state index < -0.39 is 17.8 Å². The van der Waals surface area contributed by atoms with Crippen LogP contribution in [0.3, 0.4) is 0 Å². The van der Waals surface area contributed by atoms with E-state index in [2.05, 4.69) is 15.3 Å². The molecule has 2 aromatic heterocycles. The molecule has 31 heavy (non-hydrogen) atoms. The summed E-state index contributed by atoms with van der Waals surface area (Å²) in [5.41, 5.74) is 0.661. The van der Waals surface area contributed by atoms with Crippen molar-refractivity contribution in [2.24, 2.45) is 0 Å². The minimum atomic E-state index is -0.962. The van der Waals surface area contributed by atoms with Crippen molar-refractivity contribution in [1.82, 2.24) is 15.3 Å². The van der Waals surface area contributed by atoms with Crippen molar-refractivity contribution < 1.29 is 14.0 Å². The van der Waals surface area contributed by atoms with Gasteiger partial charge in [-0.25, -0.2) is 9.37 Å². The van der Waals surface area contributed by atoms with E-state index in [1.807, 2.05) is 11.4 Å². The Kier molecular flexibility index (Phi) is 6.66. The van der Waals surface area contributed by atoms with Crippen LogP contribution in [0.2, 0.25) is 0 Å². The van der Waals surface area contributed by atoms with Crippen LogP contribution < -0.4 is 10.2 Å². The predicted molar refractivity (Wildman–Crippen MR) is 117 cm³/mol. The lowest BCUT2D eigenvalue weighted by Gasteiger charge is -2.32. The number of aromatic nitrogens is 2. The van der Waals surface area contributed by atoms with Crippen molar-refractivity contribution in [1.29, 1.82) is 0 Å². The molecule has 0 aliphatic heterocycles. The SMILES string of the molecule is O=C(NC1CCCCC1)C(c1ccc(F)cc1)N(C(=O)c1cnccn1)c1cccs1. The molecule has 1 fully saturated rings. The Labute approximate surface area is 184 Å². The lowest BCUT2D eigenvalue weighted by molar-refractivity contribution is -0.123. The van der Waals surface area contributed by atoms with E-state index in [0.717, 1.165) is 25.7 Å². The van der Waals surface area contributed by atoms with E-state index in [0.29, 0.717) is 10.6 Å². The number of hydrogen-bond acceptors (Lipinski definition) is 5. The van der Waals surface area contributed by atoms with Crippen LogP contribution in [0.1, 0.15) is 54.2 Å². The van der Waals surface area contributed by atoms with Gasteiger partial charge in [0, 0.05) is 18.4 Å². The topological polar surface area (TPSA) is 75.2 Å². The number of rotatable bonds is 6. The van der Waals surface area contributed by atoms with Crippen LogP contribution in [-0.4, -0.2) is 27.8 Å². The van der Waals surface area contributed by atoms with E-state index >= 15 is 0 Å². The average molecular weight is 439 g/mol. The molecular formula is C23H23FN4O2S. The first-order valence-corrected chi connectivity index (χ1v) is 11.2. The summed E-state index contributed by atoms with van der Waals surface area (Å²) in [6.45, 7) is 0. The number of anilines is 1. The summed E-state index contributed by atoms with van der Waals surface area (Å²) in [4.78, 5) is 36.6. The van der Waals surface area contributed by atoms with E-state index in [-0.39, 0.29) is 17.6 Å². The first-order chi connectivity index (χ1) is 15.1. The molecule has 1 aromatic carbocycles. The zero-order valence-electron chi connectivity index (χ0n) is 16.9. The fourth-order valence-corrected chi connectivity index (χ4v) is 4.63. The Morgan fingerprint density at radius 2 is 1.87 bits per heavy atom. The van der Waals surface area contributed by atoms with Gasteiger partial charge in [-0.05, 0) is 48.1 Å². The Morgan fingerprint density at radius 1 is 1.10 bits per heavy atom. The summed E-state index contributed by atoms with van der Waals surface area (Å²) in [6, 6.07) is 8.40. The second kappa shape index (κ2) is 9.78. The molecule has 0 saturated heterocycles. The largest absolute Gasteiger partial charge is 0.351 e. The normalized spacial score (nSPS) is 15.3. The maximum absolute atomic E-state index is 13.6. The van der Waals surface area contributed by atoms with Crippen LogP contribution >= 0.6 is 11.3 Å². The number of halogens is 1. The first kappa shape index (κ1) is 21.1. The predicted octanol–water partition coefficient (Wildman–Crippen LogP) is 4.51. The molecular weight excluding hydrogens is 415 g/mol. The molecule has 1 unspecified atom stereocenters. The smallest absolute Gasteiger partial charge is 0.280 e. The second-order valence-electron chi connectivity index (χ2n) is 7.51. The third-order valence-corrected chi connectivity index (χ3v) is 6.26. The van der Waals surface area contributed by atoms with Gasteiger partial charge in [-0.15, -0.1) is 11.3 Å². The quantitative estimate of drug-likeness (QED) is 0.614. The molecule has 1 saturated carbocycles. The van der Waals surface area contributed by atoms with E-state index in [9.17, 15) is 14.0 Å². The highest BCUT2D eigenvalue weighted by molar-refractivity contribution is 7.14. The Bertz CT molecular complexity index is 1010. The van der Waals surface area contributed by atoms with Gasteiger partial charge in [0.1, 0.15) is 17.6 Å². The van der Waals surface area contributed by atoms with Crippen molar-refractivity contribution >= 4 is 28.2 Å². The monoisotopic (exact) mass is 438 g/mol. The third-order valence-electron chi connectivity index (χ3n) is 5.39. The maximum atomic E-state index is 13.6. The minimum Gasteiger partial charge on any atom is -0.351 e. The van der Waals surface area contributed by atoms with Crippen molar-refractivity contribution in [3.63, 3.8) is 0 Å². The van der Waals surface area contributed by atoms with Crippen LogP contribution in [0, 0.1) is 5.82 Å². The Hall–Kier alpha value is -3.13. The average Bonchev–Trinajstić information content (AvgIpc) is 3.33. The summed E-state index contributed by atoms with van der Waals surface area (Å²) in [7, 11) is 0. The number of benzene rings is 1. The van der Waals surface area contributed by atoms with E-state index in [4.69, 9.17) is 0 Å². The summed E-state index contributed by atoms with van der Waals surface area (Å²) in [5.74, 6) is -1.13. The number of hydrogen-bond donors (Lipinski definition) is 1. The molecule has 2 heterocycles. The van der Waals surface area contributed by atoms with Crippen molar-refractivity contribution in [2.45, 2.75) is 44.2 Å². The van der Waals surface area contributed by atoms with Crippen molar-refractivity contribution in [3.05, 3.63) is 77.4 Å². The lowest BCUT2D eigenvalue weighted by atomic mass is 9.94. The molecule has 4 rings (SSSR count). The summed E-state index contributed by atoms with van der Waals surface area (Å²) < 4.78 is 13.6. The molecule has 0 spiro atoms. The van der Waals surface area contributed by atoms with Crippen molar-refractivity contribution in [3.8, 4) is 0 Å². The summed E-state index contributed by atoms with van der Waals surface area (Å²) >= 11 is 1.35. The molecule has 1 aliphatic carbocycles. The zero-order valence-corrected chi connectivity index (χ0v) is 17.7. The molecule has 6 nitrogen and oxygen atoms in total. The molecule has 8 heteroatoms. The highest BCUT2D eigenvalue weighted by Gasteiger charge is 2.35. The minimum absolute atomic E-state index is 0.0704. The molecule has 2 amide bonds. The Balaban J connectivity index is 1.75. The van der Waals surface area contributed by atoms with Gasteiger partial charge < -0.3 is 5.32 Å². The van der Waals surface area contributed by atoms with Gasteiger partial charge in [0.25, 0.3) is 5.91 Å². The van der Waals surface area contributed by atoms with Gasteiger partial charge in [-0.3, -0.25) is 19.5 Å². The molecule has 0 radical (unpaired) electrons. The van der Waals surface area contributed by atoms with Crippen LogP contribution in [0.4, 0.5) is 9.39 Å². The van der Waals surface area contributed by atoms with Gasteiger partial charge in [0.2, 0.25) is 5.91 Å². The number of nitrogens with zero attached hydrogens (tertiary/aromatic N) is 3. The zero-order chi connectivity index (χ0) is 21.6. The third kappa shape index (κ3) is 4.96. The van der Waals surface area contributed by atoms with Gasteiger partial charge in [-0.2, -0.15) is 0 Å². The van der Waals surface area contributed by atoms with Gasteiger partial charge in [-0.1, -0.05) is 31.4 Å². The maximum Gasteiger partial charge on any atom is 0.280 e. The molecule has 1 atom stereocenters. The number of carbonyl (C=O) groups is 2. The van der Waals surface area contributed by atoms with Gasteiger partial charge >= 0.3 is 0 Å². The van der Waals surface area contributed by atoms with Crippen LogP contribution in [0.25, 0.3) is 0 Å². The molecule has 0 bridgehead atoms. The van der Waals surface area contributed by atoms with Crippen molar-refractivity contribution in [2.75, 3.05) is 4.90 Å². The summed E-state index contributed by atoms with van der Waals surface area (Å²) in [6.07, 6.45) is 9.44. The lowest BCUT2D eigenvalue weighted by Crippen LogP contribution is -2.47. The number of nitrogens with one attached hydrogen (secondary N) is 1. The highest BCUT2D eigenvalue weighted by atomic mass is 32.1. The summed E-state index contributed by atoms with van der Waals surface area (Å²) in [5, 5.41) is 5.56. The highest BCUT2D eigenvalue weighted by Crippen LogP contribution is 2.33. The molecule has 3 aromatic rings. The van der Waals surface area contributed by atoms with Crippen LogP contribution in [0.5, 0.6) is 0 Å². The standard InChI is InChI=1S/C23H23FN4O2S/c24-17-10-8-16(9-11-17)21(22(29)27-18-5-2-1-3-6-18)28(20-7-4-14-31-20)23(30)19-15-25-12-13-26-19/h4,7-15,18,21H,1-3,5-6H2,(H,27,29). The van der Waals surface area contributed by atoms with Crippen LogP contribution in [-0.2, 0) is 4.79 Å². The fraction of sp³-hybridized carbons (Fsp3) is 0.304.